The maximum Gasteiger partial charge on any atom is 0.264 e. The fourth-order valence-electron chi connectivity index (χ4n) is 2.75. The number of carbonyl (C=O) groups is 1. The highest BCUT2D eigenvalue weighted by Gasteiger charge is 2.25. The number of nitrogens with zero attached hydrogens (tertiary/aromatic N) is 1. The molecule has 0 bridgehead atoms. The van der Waals surface area contributed by atoms with Crippen molar-refractivity contribution < 1.29 is 22.3 Å². The first kappa shape index (κ1) is 20.3. The molecule has 150 valence electrons. The molecule has 0 spiro atoms. The topological polar surface area (TPSA) is 75.7 Å². The molecule has 0 fully saturated rings. The number of amides is 1. The number of nitrogens with one attached hydrogen (secondary N) is 1. The molecule has 8 heteroatoms. The molecule has 6 nitrogen and oxygen atoms in total. The van der Waals surface area contributed by atoms with Gasteiger partial charge >= 0.3 is 0 Å². The van der Waals surface area contributed by atoms with E-state index in [1.807, 2.05) is 0 Å². The summed E-state index contributed by atoms with van der Waals surface area (Å²) in [5.41, 5.74) is 0.815. The van der Waals surface area contributed by atoms with Crippen LogP contribution < -0.4 is 14.4 Å². The second kappa shape index (κ2) is 8.32. The van der Waals surface area contributed by atoms with Crippen LogP contribution in [-0.4, -0.2) is 28.5 Å². The van der Waals surface area contributed by atoms with Gasteiger partial charge < -0.3 is 10.1 Å². The van der Waals surface area contributed by atoms with Gasteiger partial charge in [-0.05, 0) is 42.5 Å². The molecule has 0 heterocycles. The van der Waals surface area contributed by atoms with E-state index in [0.717, 1.165) is 16.4 Å². The van der Waals surface area contributed by atoms with Crippen molar-refractivity contribution in [1.29, 1.82) is 0 Å². The van der Waals surface area contributed by atoms with Gasteiger partial charge in [-0.15, -0.1) is 0 Å². The molecule has 0 aliphatic carbocycles. The molecule has 1 N–H and O–H groups in total. The van der Waals surface area contributed by atoms with Gasteiger partial charge in [0.15, 0.2) is 0 Å². The van der Waals surface area contributed by atoms with Gasteiger partial charge in [0.25, 0.3) is 15.9 Å². The number of hydrogen-bond donors (Lipinski definition) is 1. The zero-order valence-electron chi connectivity index (χ0n) is 15.8. The van der Waals surface area contributed by atoms with Gasteiger partial charge in [-0.1, -0.05) is 24.3 Å². The fraction of sp³-hybridized carbons (Fsp3) is 0.0952. The number of sulfonamides is 1. The second-order valence-electron chi connectivity index (χ2n) is 6.13. The monoisotopic (exact) mass is 414 g/mol. The maximum atomic E-state index is 13.5. The Hall–Kier alpha value is -3.39. The maximum absolute atomic E-state index is 13.5. The van der Waals surface area contributed by atoms with Crippen LogP contribution in [0.5, 0.6) is 5.75 Å². The standard InChI is InChI=1S/C21H19FN2O4S/c1-24(29(26,27)18-10-5-7-15(22)13-18)20-12-4-3-11-19(20)21(25)23-16-8-6-9-17(14-16)28-2/h3-14H,1-2H3,(H,23,25). The first-order chi connectivity index (χ1) is 13.8. The largest absolute Gasteiger partial charge is 0.497 e. The van der Waals surface area contributed by atoms with Crippen LogP contribution >= 0.6 is 0 Å². The summed E-state index contributed by atoms with van der Waals surface area (Å²) in [7, 11) is -1.23. The van der Waals surface area contributed by atoms with Crippen LogP contribution in [0.2, 0.25) is 0 Å². The summed E-state index contributed by atoms with van der Waals surface area (Å²) in [5, 5.41) is 2.73. The highest BCUT2D eigenvalue weighted by molar-refractivity contribution is 7.92. The zero-order valence-corrected chi connectivity index (χ0v) is 16.6. The molecular weight excluding hydrogens is 395 g/mol. The molecule has 29 heavy (non-hydrogen) atoms. The summed E-state index contributed by atoms with van der Waals surface area (Å²) in [6, 6.07) is 17.8. The Kier molecular flexibility index (Phi) is 5.84. The molecule has 3 aromatic rings. The number of hydrogen-bond acceptors (Lipinski definition) is 4. The number of halogens is 1. The number of anilines is 2. The molecule has 0 unspecified atom stereocenters. The van der Waals surface area contributed by atoms with Gasteiger partial charge in [0.1, 0.15) is 11.6 Å². The van der Waals surface area contributed by atoms with Crippen molar-refractivity contribution in [3.05, 3.63) is 84.2 Å². The summed E-state index contributed by atoms with van der Waals surface area (Å²) in [6.45, 7) is 0. The van der Waals surface area contributed by atoms with Crippen molar-refractivity contribution in [1.82, 2.24) is 0 Å². The lowest BCUT2D eigenvalue weighted by molar-refractivity contribution is 0.102. The minimum Gasteiger partial charge on any atom is -0.497 e. The Labute approximate surface area is 168 Å². The second-order valence-corrected chi connectivity index (χ2v) is 8.10. The van der Waals surface area contributed by atoms with E-state index < -0.39 is 21.7 Å². The van der Waals surface area contributed by atoms with Gasteiger partial charge in [0, 0.05) is 18.8 Å². The van der Waals surface area contributed by atoms with Crippen molar-refractivity contribution in [2.24, 2.45) is 0 Å². The van der Waals surface area contributed by atoms with Gasteiger partial charge in [-0.2, -0.15) is 0 Å². The Bertz CT molecular complexity index is 1150. The highest BCUT2D eigenvalue weighted by atomic mass is 32.2. The summed E-state index contributed by atoms with van der Waals surface area (Å²) in [6.07, 6.45) is 0. The van der Waals surface area contributed by atoms with E-state index in [1.54, 1.807) is 36.4 Å². The van der Waals surface area contributed by atoms with E-state index in [-0.39, 0.29) is 16.1 Å². The first-order valence-electron chi connectivity index (χ1n) is 8.62. The predicted molar refractivity (Wildman–Crippen MR) is 109 cm³/mol. The number of methoxy groups -OCH3 is 1. The predicted octanol–water partition coefficient (Wildman–Crippen LogP) is 3.91. The van der Waals surface area contributed by atoms with Crippen LogP contribution in [0.15, 0.2) is 77.7 Å². The van der Waals surface area contributed by atoms with Crippen molar-refractivity contribution >= 4 is 27.3 Å². The average molecular weight is 414 g/mol. The van der Waals surface area contributed by atoms with Crippen LogP contribution in [0, 0.1) is 5.82 Å². The van der Waals surface area contributed by atoms with Crippen LogP contribution in [0.25, 0.3) is 0 Å². The Morgan fingerprint density at radius 3 is 2.45 bits per heavy atom. The zero-order chi connectivity index (χ0) is 21.0. The average Bonchev–Trinajstić information content (AvgIpc) is 2.73. The van der Waals surface area contributed by atoms with Crippen molar-refractivity contribution in [3.8, 4) is 5.75 Å². The normalized spacial score (nSPS) is 11.0. The number of benzene rings is 3. The summed E-state index contributed by atoms with van der Waals surface area (Å²) in [5.74, 6) is -0.583. The molecule has 0 aromatic heterocycles. The van der Waals surface area contributed by atoms with Crippen molar-refractivity contribution in [2.75, 3.05) is 23.8 Å². The fourth-order valence-corrected chi connectivity index (χ4v) is 4.00. The third-order valence-corrected chi connectivity index (χ3v) is 6.04. The van der Waals surface area contributed by atoms with Crippen LogP contribution in [-0.2, 0) is 10.0 Å². The number of rotatable bonds is 6. The molecule has 3 aromatic carbocycles. The Morgan fingerprint density at radius 1 is 1.00 bits per heavy atom. The lowest BCUT2D eigenvalue weighted by Gasteiger charge is -2.22. The minimum absolute atomic E-state index is 0.151. The van der Waals surface area contributed by atoms with Crippen molar-refractivity contribution in [2.45, 2.75) is 4.90 Å². The van der Waals surface area contributed by atoms with E-state index in [0.29, 0.717) is 11.4 Å². The number of para-hydroxylation sites is 1. The van der Waals surface area contributed by atoms with Crippen LogP contribution in [0.1, 0.15) is 10.4 Å². The number of ether oxygens (including phenoxy) is 1. The quantitative estimate of drug-likeness (QED) is 0.664. The SMILES string of the molecule is COc1cccc(NC(=O)c2ccccc2N(C)S(=O)(=O)c2cccc(F)c2)c1. The van der Waals surface area contributed by atoms with E-state index in [9.17, 15) is 17.6 Å². The smallest absolute Gasteiger partial charge is 0.264 e. The minimum atomic E-state index is -4.06. The lowest BCUT2D eigenvalue weighted by Crippen LogP contribution is -2.29. The third kappa shape index (κ3) is 4.38. The molecule has 0 saturated carbocycles. The molecule has 0 aliphatic heterocycles. The lowest BCUT2D eigenvalue weighted by atomic mass is 10.1. The summed E-state index contributed by atoms with van der Waals surface area (Å²) >= 11 is 0. The number of carbonyl (C=O) groups excluding carboxylic acids is 1. The Balaban J connectivity index is 1.94. The Morgan fingerprint density at radius 2 is 1.72 bits per heavy atom. The van der Waals surface area contributed by atoms with Crippen LogP contribution in [0.4, 0.5) is 15.8 Å². The molecule has 1 amide bonds. The molecule has 0 radical (unpaired) electrons. The molecule has 0 atom stereocenters. The summed E-state index contributed by atoms with van der Waals surface area (Å²) in [4.78, 5) is 12.6. The van der Waals surface area contributed by atoms with E-state index in [2.05, 4.69) is 5.32 Å². The van der Waals surface area contributed by atoms with Crippen molar-refractivity contribution in [3.63, 3.8) is 0 Å². The van der Waals surface area contributed by atoms with Gasteiger partial charge in [-0.25, -0.2) is 12.8 Å². The van der Waals surface area contributed by atoms with E-state index >= 15 is 0 Å². The first-order valence-corrected chi connectivity index (χ1v) is 10.1. The highest BCUT2D eigenvalue weighted by Crippen LogP contribution is 2.27. The van der Waals surface area contributed by atoms with E-state index in [1.165, 1.54) is 38.4 Å². The third-order valence-electron chi connectivity index (χ3n) is 4.27. The van der Waals surface area contributed by atoms with Gasteiger partial charge in [0.2, 0.25) is 0 Å². The molecule has 0 saturated heterocycles. The van der Waals surface area contributed by atoms with Gasteiger partial charge in [0.05, 0.1) is 23.3 Å². The molecule has 0 aliphatic rings. The molecular formula is C21H19FN2O4S. The summed E-state index contributed by atoms with van der Waals surface area (Å²) < 4.78 is 45.4. The van der Waals surface area contributed by atoms with Gasteiger partial charge in [-0.3, -0.25) is 9.10 Å². The molecule has 3 rings (SSSR count). The van der Waals surface area contributed by atoms with E-state index in [4.69, 9.17) is 4.74 Å². The van der Waals surface area contributed by atoms with Crippen LogP contribution in [0.3, 0.4) is 0 Å².